The van der Waals surface area contributed by atoms with E-state index in [0.717, 1.165) is 5.56 Å². The highest BCUT2D eigenvalue weighted by Gasteiger charge is 2.11. The normalized spacial score (nSPS) is 13.8. The van der Waals surface area contributed by atoms with Gasteiger partial charge in [-0.2, -0.15) is 0 Å². The van der Waals surface area contributed by atoms with Gasteiger partial charge in [-0.15, -0.1) is 0 Å². The van der Waals surface area contributed by atoms with Crippen molar-refractivity contribution in [3.05, 3.63) is 83.9 Å². The molecule has 0 aliphatic heterocycles. The lowest BCUT2D eigenvalue weighted by Crippen LogP contribution is -2.06. The predicted molar refractivity (Wildman–Crippen MR) is 84.9 cm³/mol. The Kier molecular flexibility index (Phi) is 5.33. The van der Waals surface area contributed by atoms with Crippen LogP contribution in [-0.2, 0) is 9.53 Å². The minimum atomic E-state index is -0.338. The Hall–Kier alpha value is -2.35. The van der Waals surface area contributed by atoms with Crippen molar-refractivity contribution in [1.29, 1.82) is 0 Å². The van der Waals surface area contributed by atoms with E-state index < -0.39 is 0 Å². The minimum absolute atomic E-state index is 0.271. The molecule has 0 spiro atoms. The fourth-order valence-electron chi connectivity index (χ4n) is 2.18. The molecule has 0 saturated carbocycles. The van der Waals surface area contributed by atoms with E-state index in [9.17, 15) is 4.79 Å². The molecule has 2 nitrogen and oxygen atoms in total. The third-order valence-corrected chi connectivity index (χ3v) is 3.32. The first-order chi connectivity index (χ1) is 10.2. The molecule has 21 heavy (non-hydrogen) atoms. The van der Waals surface area contributed by atoms with Crippen LogP contribution in [0.3, 0.4) is 0 Å². The summed E-state index contributed by atoms with van der Waals surface area (Å²) in [7, 11) is 0. The Balaban J connectivity index is 2.15. The smallest absolute Gasteiger partial charge is 0.303 e. The third kappa shape index (κ3) is 4.60. The number of allylic oxidation sites excluding steroid dienone is 1. The zero-order chi connectivity index (χ0) is 15.1. The molecule has 0 radical (unpaired) electrons. The molecule has 2 rings (SSSR count). The maximum absolute atomic E-state index is 11.3. The van der Waals surface area contributed by atoms with Crippen molar-refractivity contribution in [1.82, 2.24) is 0 Å². The number of ether oxygens (including phenoxy) is 1. The number of esters is 1. The van der Waals surface area contributed by atoms with Crippen molar-refractivity contribution in [3.63, 3.8) is 0 Å². The van der Waals surface area contributed by atoms with E-state index in [1.807, 2.05) is 54.6 Å². The third-order valence-electron chi connectivity index (χ3n) is 3.32. The van der Waals surface area contributed by atoms with Crippen molar-refractivity contribution >= 4 is 5.97 Å². The van der Waals surface area contributed by atoms with Crippen LogP contribution in [0.2, 0.25) is 0 Å². The van der Waals surface area contributed by atoms with Gasteiger partial charge in [0.2, 0.25) is 0 Å². The molecule has 0 amide bonds. The van der Waals surface area contributed by atoms with E-state index in [4.69, 9.17) is 4.74 Å². The number of carbonyl (C=O) groups excluding carboxylic acids is 1. The molecule has 0 aliphatic rings. The molecule has 0 heterocycles. The van der Waals surface area contributed by atoms with Gasteiger partial charge in [0.1, 0.15) is 6.10 Å². The second-order valence-electron chi connectivity index (χ2n) is 5.02. The van der Waals surface area contributed by atoms with Gasteiger partial charge in [0.05, 0.1) is 0 Å². The van der Waals surface area contributed by atoms with Gasteiger partial charge in [-0.3, -0.25) is 4.79 Å². The molecule has 2 heteroatoms. The topological polar surface area (TPSA) is 26.3 Å². The molecule has 0 aromatic heterocycles. The van der Waals surface area contributed by atoms with E-state index in [1.54, 1.807) is 0 Å². The summed E-state index contributed by atoms with van der Waals surface area (Å²) in [5.74, 6) is -0.00571. The number of hydrogen-bond acceptors (Lipinski definition) is 2. The average Bonchev–Trinajstić information content (AvgIpc) is 2.52. The Bertz CT molecular complexity index is 587. The second-order valence-corrected chi connectivity index (χ2v) is 5.02. The Morgan fingerprint density at radius 2 is 1.43 bits per heavy atom. The Morgan fingerprint density at radius 3 is 1.95 bits per heavy atom. The van der Waals surface area contributed by atoms with E-state index in [-0.39, 0.29) is 18.0 Å². The Morgan fingerprint density at radius 1 is 0.905 bits per heavy atom. The van der Waals surface area contributed by atoms with Gasteiger partial charge in [-0.25, -0.2) is 0 Å². The van der Waals surface area contributed by atoms with Crippen LogP contribution in [0, 0.1) is 0 Å². The van der Waals surface area contributed by atoms with Gasteiger partial charge in [0.15, 0.2) is 0 Å². The van der Waals surface area contributed by atoms with Crippen LogP contribution < -0.4 is 0 Å². The van der Waals surface area contributed by atoms with E-state index >= 15 is 0 Å². The molecule has 0 fully saturated rings. The SMILES string of the molecule is CC(=O)O[C@H](/C=C/C(C)c1ccccc1)c1ccccc1. The standard InChI is InChI=1S/C19H20O2/c1-15(17-9-5-3-6-10-17)13-14-19(21-16(2)20)18-11-7-4-8-12-18/h3-15,19H,1-2H3/b14-13+/t15?,19-/m1/s1. The molecule has 2 aromatic carbocycles. The molecule has 2 aromatic rings. The van der Waals surface area contributed by atoms with Crippen molar-refractivity contribution in [2.24, 2.45) is 0 Å². The van der Waals surface area contributed by atoms with Gasteiger partial charge < -0.3 is 4.74 Å². The number of carbonyl (C=O) groups is 1. The van der Waals surface area contributed by atoms with Gasteiger partial charge in [0.25, 0.3) is 0 Å². The lowest BCUT2D eigenvalue weighted by molar-refractivity contribution is -0.144. The molecular formula is C19H20O2. The van der Waals surface area contributed by atoms with Crippen molar-refractivity contribution < 1.29 is 9.53 Å². The maximum Gasteiger partial charge on any atom is 0.303 e. The van der Waals surface area contributed by atoms with Crippen LogP contribution >= 0.6 is 0 Å². The second kappa shape index (κ2) is 7.44. The summed E-state index contributed by atoms with van der Waals surface area (Å²) in [6.45, 7) is 3.56. The molecule has 2 atom stereocenters. The van der Waals surface area contributed by atoms with E-state index in [0.29, 0.717) is 0 Å². The molecule has 0 bridgehead atoms. The summed E-state index contributed by atoms with van der Waals surface area (Å²) in [5, 5.41) is 0. The van der Waals surface area contributed by atoms with Crippen LogP contribution in [0.1, 0.15) is 37.0 Å². The zero-order valence-corrected chi connectivity index (χ0v) is 12.4. The number of hydrogen-bond donors (Lipinski definition) is 0. The van der Waals surface area contributed by atoms with Crippen LogP contribution in [-0.4, -0.2) is 5.97 Å². The van der Waals surface area contributed by atoms with Gasteiger partial charge in [0, 0.05) is 6.92 Å². The summed E-state index contributed by atoms with van der Waals surface area (Å²) >= 11 is 0. The largest absolute Gasteiger partial charge is 0.453 e. The van der Waals surface area contributed by atoms with Crippen LogP contribution in [0.4, 0.5) is 0 Å². The molecule has 0 N–H and O–H groups in total. The molecule has 0 aliphatic carbocycles. The fourth-order valence-corrected chi connectivity index (χ4v) is 2.18. The lowest BCUT2D eigenvalue weighted by Gasteiger charge is -2.14. The number of benzene rings is 2. The molecule has 1 unspecified atom stereocenters. The summed E-state index contributed by atoms with van der Waals surface area (Å²) in [4.78, 5) is 11.3. The Labute approximate surface area is 126 Å². The fraction of sp³-hybridized carbons (Fsp3) is 0.211. The van der Waals surface area contributed by atoms with Gasteiger partial charge >= 0.3 is 5.97 Å². The van der Waals surface area contributed by atoms with Crippen LogP contribution in [0.15, 0.2) is 72.8 Å². The molecular weight excluding hydrogens is 260 g/mol. The summed E-state index contributed by atoms with van der Waals surface area (Å²) in [5.41, 5.74) is 2.22. The highest BCUT2D eigenvalue weighted by molar-refractivity contribution is 5.66. The summed E-state index contributed by atoms with van der Waals surface area (Å²) in [6.07, 6.45) is 3.69. The number of rotatable bonds is 5. The lowest BCUT2D eigenvalue weighted by atomic mass is 9.99. The first-order valence-electron chi connectivity index (χ1n) is 7.12. The van der Waals surface area contributed by atoms with Crippen molar-refractivity contribution in [2.75, 3.05) is 0 Å². The van der Waals surface area contributed by atoms with E-state index in [2.05, 4.69) is 25.1 Å². The first-order valence-corrected chi connectivity index (χ1v) is 7.12. The summed E-state index contributed by atoms with van der Waals surface area (Å²) < 4.78 is 5.40. The highest BCUT2D eigenvalue weighted by Crippen LogP contribution is 2.22. The molecule has 108 valence electrons. The van der Waals surface area contributed by atoms with Crippen molar-refractivity contribution in [3.8, 4) is 0 Å². The average molecular weight is 280 g/mol. The quantitative estimate of drug-likeness (QED) is 0.588. The van der Waals surface area contributed by atoms with Gasteiger partial charge in [-0.1, -0.05) is 73.7 Å². The summed E-state index contributed by atoms with van der Waals surface area (Å²) in [6, 6.07) is 20.0. The highest BCUT2D eigenvalue weighted by atomic mass is 16.5. The monoisotopic (exact) mass is 280 g/mol. The van der Waals surface area contributed by atoms with Gasteiger partial charge in [-0.05, 0) is 23.1 Å². The first kappa shape index (κ1) is 15.0. The zero-order valence-electron chi connectivity index (χ0n) is 12.4. The van der Waals surface area contributed by atoms with Crippen LogP contribution in [0.25, 0.3) is 0 Å². The minimum Gasteiger partial charge on any atom is -0.453 e. The van der Waals surface area contributed by atoms with Crippen LogP contribution in [0.5, 0.6) is 0 Å². The maximum atomic E-state index is 11.3. The van der Waals surface area contributed by atoms with Crippen molar-refractivity contribution in [2.45, 2.75) is 25.9 Å². The molecule has 0 saturated heterocycles. The predicted octanol–water partition coefficient (Wildman–Crippen LogP) is 4.65. The van der Waals surface area contributed by atoms with E-state index in [1.165, 1.54) is 12.5 Å².